The average Bonchev–Trinajstić information content (AvgIpc) is 3.16. The number of halogens is 2. The fraction of sp³-hybridized carbons (Fsp3) is 0.0526. The van der Waals surface area contributed by atoms with E-state index in [0.717, 1.165) is 16.1 Å². The predicted molar refractivity (Wildman–Crippen MR) is 111 cm³/mol. The number of nitrogens with one attached hydrogen (secondary N) is 1. The van der Waals surface area contributed by atoms with E-state index in [9.17, 15) is 14.9 Å². The number of amides is 1. The zero-order valence-electron chi connectivity index (χ0n) is 14.7. The highest BCUT2D eigenvalue weighted by Gasteiger charge is 2.16. The van der Waals surface area contributed by atoms with Crippen LogP contribution in [0, 0.1) is 10.1 Å². The second-order valence-electron chi connectivity index (χ2n) is 5.66. The smallest absolute Gasteiger partial charge is 0.312 e. The Balaban J connectivity index is 1.54. The Kier molecular flexibility index (Phi) is 6.63. The maximum Gasteiger partial charge on any atom is 0.312 e. The number of nitro benzene ring substituents is 1. The number of hydrogen-bond acceptors (Lipinski definition) is 6. The Hall–Kier alpha value is -3.17. The topological polar surface area (TPSA) is 107 Å². The van der Waals surface area contributed by atoms with Crippen LogP contribution in [0.2, 0.25) is 5.02 Å². The van der Waals surface area contributed by atoms with Crippen molar-refractivity contribution in [1.82, 2.24) is 5.43 Å². The molecule has 0 saturated carbocycles. The number of ether oxygens (including phenoxy) is 1. The Bertz CT molecular complexity index is 1070. The molecule has 0 saturated heterocycles. The lowest BCUT2D eigenvalue weighted by atomic mass is 10.2. The second kappa shape index (κ2) is 9.35. The Morgan fingerprint density at radius 3 is 2.72 bits per heavy atom. The molecule has 0 aliphatic heterocycles. The SMILES string of the molecule is O=C(COc1ccc(Cl)cc1[N+](=O)[O-])N/N=C\c1ccc(-c2ccc(Br)cc2)o1. The molecule has 0 radical (unpaired) electrons. The summed E-state index contributed by atoms with van der Waals surface area (Å²) in [5.74, 6) is 0.440. The first-order valence-corrected chi connectivity index (χ1v) is 9.34. The van der Waals surface area contributed by atoms with Gasteiger partial charge in [-0.25, -0.2) is 5.43 Å². The van der Waals surface area contributed by atoms with E-state index in [1.165, 1.54) is 18.3 Å². The van der Waals surface area contributed by atoms with Crippen molar-refractivity contribution in [3.8, 4) is 17.1 Å². The van der Waals surface area contributed by atoms with Crippen LogP contribution < -0.4 is 10.2 Å². The molecule has 0 fully saturated rings. The number of carbonyl (C=O) groups is 1. The molecule has 0 aliphatic rings. The van der Waals surface area contributed by atoms with Gasteiger partial charge in [-0.1, -0.05) is 39.7 Å². The van der Waals surface area contributed by atoms with Crippen LogP contribution in [0.25, 0.3) is 11.3 Å². The highest BCUT2D eigenvalue weighted by molar-refractivity contribution is 9.10. The summed E-state index contributed by atoms with van der Waals surface area (Å²) in [6, 6.07) is 15.0. The third-order valence-corrected chi connectivity index (χ3v) is 4.38. The molecule has 1 N–H and O–H groups in total. The van der Waals surface area contributed by atoms with Gasteiger partial charge in [-0.05, 0) is 36.4 Å². The quantitative estimate of drug-likeness (QED) is 0.298. The van der Waals surface area contributed by atoms with Crippen LogP contribution in [0.3, 0.4) is 0 Å². The third-order valence-electron chi connectivity index (χ3n) is 3.61. The Morgan fingerprint density at radius 2 is 2.00 bits per heavy atom. The van der Waals surface area contributed by atoms with Crippen LogP contribution in [0.15, 0.2) is 68.6 Å². The number of rotatable bonds is 7. The van der Waals surface area contributed by atoms with Gasteiger partial charge in [0, 0.05) is 21.1 Å². The molecule has 0 bridgehead atoms. The minimum Gasteiger partial charge on any atom is -0.477 e. The van der Waals surface area contributed by atoms with Gasteiger partial charge in [0.05, 0.1) is 11.1 Å². The van der Waals surface area contributed by atoms with Gasteiger partial charge in [0.15, 0.2) is 12.4 Å². The van der Waals surface area contributed by atoms with E-state index >= 15 is 0 Å². The van der Waals surface area contributed by atoms with Crippen molar-refractivity contribution in [3.05, 3.63) is 80.0 Å². The van der Waals surface area contributed by atoms with E-state index in [2.05, 4.69) is 26.5 Å². The molecule has 10 heteroatoms. The molecule has 0 spiro atoms. The Morgan fingerprint density at radius 1 is 1.24 bits per heavy atom. The number of benzene rings is 2. The van der Waals surface area contributed by atoms with E-state index in [-0.39, 0.29) is 16.5 Å². The number of hydrogen-bond donors (Lipinski definition) is 1. The zero-order valence-corrected chi connectivity index (χ0v) is 17.0. The zero-order chi connectivity index (χ0) is 20.8. The largest absolute Gasteiger partial charge is 0.477 e. The lowest BCUT2D eigenvalue weighted by molar-refractivity contribution is -0.385. The van der Waals surface area contributed by atoms with Gasteiger partial charge in [0.1, 0.15) is 11.5 Å². The van der Waals surface area contributed by atoms with E-state index in [4.69, 9.17) is 20.8 Å². The molecule has 3 rings (SSSR count). The van der Waals surface area contributed by atoms with Gasteiger partial charge < -0.3 is 9.15 Å². The normalized spacial score (nSPS) is 10.8. The molecule has 2 aromatic carbocycles. The van der Waals surface area contributed by atoms with Gasteiger partial charge in [0.2, 0.25) is 0 Å². The monoisotopic (exact) mass is 477 g/mol. The summed E-state index contributed by atoms with van der Waals surface area (Å²) >= 11 is 9.10. The van der Waals surface area contributed by atoms with Crippen molar-refractivity contribution in [1.29, 1.82) is 0 Å². The number of furan rings is 1. The van der Waals surface area contributed by atoms with Crippen LogP contribution in [0.4, 0.5) is 5.69 Å². The van der Waals surface area contributed by atoms with Crippen LogP contribution in [-0.2, 0) is 4.79 Å². The van der Waals surface area contributed by atoms with Crippen molar-refractivity contribution in [2.24, 2.45) is 5.10 Å². The van der Waals surface area contributed by atoms with Crippen LogP contribution in [0.5, 0.6) is 5.75 Å². The number of carbonyl (C=O) groups excluding carboxylic acids is 1. The fourth-order valence-electron chi connectivity index (χ4n) is 2.29. The number of nitrogens with zero attached hydrogens (tertiary/aromatic N) is 2. The molecule has 0 aliphatic carbocycles. The van der Waals surface area contributed by atoms with Gasteiger partial charge in [-0.2, -0.15) is 5.10 Å². The molecule has 0 atom stereocenters. The first kappa shape index (κ1) is 20.6. The standard InChI is InChI=1S/C19H13BrClN3O5/c20-13-3-1-12(2-4-13)17-8-6-15(29-17)10-22-23-19(25)11-28-18-7-5-14(21)9-16(18)24(26)27/h1-10H,11H2,(H,23,25)/b22-10-. The van der Waals surface area contributed by atoms with E-state index in [0.29, 0.717) is 11.5 Å². The highest BCUT2D eigenvalue weighted by atomic mass is 79.9. The summed E-state index contributed by atoms with van der Waals surface area (Å²) in [6.07, 6.45) is 1.34. The molecule has 3 aromatic rings. The number of nitro groups is 1. The van der Waals surface area contributed by atoms with Crippen molar-refractivity contribution < 1.29 is 18.9 Å². The first-order chi connectivity index (χ1) is 13.9. The van der Waals surface area contributed by atoms with Crippen molar-refractivity contribution in [3.63, 3.8) is 0 Å². The van der Waals surface area contributed by atoms with Gasteiger partial charge in [-0.15, -0.1) is 0 Å². The Labute approximate surface area is 178 Å². The molecule has 0 unspecified atom stereocenters. The van der Waals surface area contributed by atoms with E-state index < -0.39 is 17.4 Å². The molecular formula is C19H13BrClN3O5. The fourth-order valence-corrected chi connectivity index (χ4v) is 2.72. The van der Waals surface area contributed by atoms with E-state index in [1.54, 1.807) is 12.1 Å². The van der Waals surface area contributed by atoms with Crippen LogP contribution >= 0.6 is 27.5 Å². The predicted octanol–water partition coefficient (Wildman–Crippen LogP) is 4.80. The average molecular weight is 479 g/mol. The third kappa shape index (κ3) is 5.66. The maximum atomic E-state index is 11.8. The molecule has 1 amide bonds. The van der Waals surface area contributed by atoms with Gasteiger partial charge >= 0.3 is 5.69 Å². The summed E-state index contributed by atoms with van der Waals surface area (Å²) in [5, 5.41) is 15.0. The van der Waals surface area contributed by atoms with Crippen molar-refractivity contribution in [2.75, 3.05) is 6.61 Å². The molecule has 29 heavy (non-hydrogen) atoms. The second-order valence-corrected chi connectivity index (χ2v) is 7.01. The first-order valence-electron chi connectivity index (χ1n) is 8.17. The summed E-state index contributed by atoms with van der Waals surface area (Å²) in [6.45, 7) is -0.456. The number of hydrazone groups is 1. The molecule has 8 nitrogen and oxygen atoms in total. The minimum absolute atomic E-state index is 0.0660. The highest BCUT2D eigenvalue weighted by Crippen LogP contribution is 2.29. The lowest BCUT2D eigenvalue weighted by Crippen LogP contribution is -2.24. The molecule has 1 aromatic heterocycles. The van der Waals surface area contributed by atoms with E-state index in [1.807, 2.05) is 24.3 Å². The summed E-state index contributed by atoms with van der Waals surface area (Å²) < 4.78 is 11.8. The summed E-state index contributed by atoms with van der Waals surface area (Å²) in [4.78, 5) is 22.2. The van der Waals surface area contributed by atoms with Crippen LogP contribution in [0.1, 0.15) is 5.76 Å². The molecule has 148 valence electrons. The summed E-state index contributed by atoms with van der Waals surface area (Å²) in [5.41, 5.74) is 2.83. The summed E-state index contributed by atoms with van der Waals surface area (Å²) in [7, 11) is 0. The van der Waals surface area contributed by atoms with Gasteiger partial charge in [0.25, 0.3) is 5.91 Å². The molecule has 1 heterocycles. The molecular weight excluding hydrogens is 466 g/mol. The van der Waals surface area contributed by atoms with Crippen molar-refractivity contribution >= 4 is 45.3 Å². The van der Waals surface area contributed by atoms with Crippen molar-refractivity contribution in [2.45, 2.75) is 0 Å². The van der Waals surface area contributed by atoms with Crippen LogP contribution in [-0.4, -0.2) is 23.7 Å². The minimum atomic E-state index is -0.642. The maximum absolute atomic E-state index is 11.8. The lowest BCUT2D eigenvalue weighted by Gasteiger charge is -2.05. The van der Waals surface area contributed by atoms with Gasteiger partial charge in [-0.3, -0.25) is 14.9 Å².